The molecule has 0 amide bonds. The maximum atomic E-state index is 10.7. The average molecular weight is 296 g/mol. The molecular formula is C15H12N4O3. The van der Waals surface area contributed by atoms with Crippen LogP contribution >= 0.6 is 0 Å². The number of pyridine rings is 1. The minimum absolute atomic E-state index is 0.178. The lowest BCUT2D eigenvalue weighted by atomic mass is 10.1. The Morgan fingerprint density at radius 2 is 1.86 bits per heavy atom. The Balaban J connectivity index is 1.76. The number of aromatic carboxylic acids is 1. The molecule has 0 aliphatic heterocycles. The highest BCUT2D eigenvalue weighted by Gasteiger charge is 2.09. The van der Waals surface area contributed by atoms with E-state index < -0.39 is 5.97 Å². The van der Waals surface area contributed by atoms with Gasteiger partial charge in [-0.15, -0.1) is 5.10 Å². The van der Waals surface area contributed by atoms with Gasteiger partial charge in [0.15, 0.2) is 11.4 Å². The summed E-state index contributed by atoms with van der Waals surface area (Å²) < 4.78 is 0. The van der Waals surface area contributed by atoms with E-state index in [9.17, 15) is 4.79 Å². The average Bonchev–Trinajstić information content (AvgIpc) is 2.98. The van der Waals surface area contributed by atoms with Crippen LogP contribution in [-0.4, -0.2) is 31.2 Å². The molecule has 0 radical (unpaired) electrons. The van der Waals surface area contributed by atoms with E-state index in [1.54, 1.807) is 12.1 Å². The molecule has 3 aromatic rings. The quantitative estimate of drug-likeness (QED) is 0.793. The van der Waals surface area contributed by atoms with E-state index in [1.807, 2.05) is 37.4 Å². The van der Waals surface area contributed by atoms with Crippen LogP contribution in [0.3, 0.4) is 0 Å². The number of benzene rings is 1. The van der Waals surface area contributed by atoms with Crippen LogP contribution in [0.2, 0.25) is 0 Å². The number of aryl methyl sites for hydroxylation is 1. The number of nitrogens with zero attached hydrogens (tertiary/aromatic N) is 4. The Labute approximate surface area is 125 Å². The molecule has 0 bridgehead atoms. The smallest absolute Gasteiger partial charge is 0.358 e. The zero-order valence-corrected chi connectivity index (χ0v) is 11.7. The monoisotopic (exact) mass is 296 g/mol. The highest BCUT2D eigenvalue weighted by atomic mass is 16.7. The van der Waals surface area contributed by atoms with Crippen molar-refractivity contribution < 1.29 is 14.7 Å². The molecule has 0 aliphatic carbocycles. The number of hydrogen-bond donors (Lipinski definition) is 1. The van der Waals surface area contributed by atoms with Gasteiger partial charge in [-0.1, -0.05) is 23.0 Å². The second kappa shape index (κ2) is 5.65. The number of carboxylic acids is 1. The fraction of sp³-hybridized carbons (Fsp3) is 0.0667. The minimum atomic E-state index is -1.16. The Bertz CT molecular complexity index is 794. The summed E-state index contributed by atoms with van der Waals surface area (Å²) in [5.74, 6) is -0.636. The third-order valence-electron chi connectivity index (χ3n) is 2.99. The van der Waals surface area contributed by atoms with Crippen LogP contribution in [0, 0.1) is 6.92 Å². The molecule has 7 nitrogen and oxygen atoms in total. The zero-order valence-electron chi connectivity index (χ0n) is 11.7. The highest BCUT2D eigenvalue weighted by Crippen LogP contribution is 2.22. The summed E-state index contributed by atoms with van der Waals surface area (Å²) in [7, 11) is 0. The van der Waals surface area contributed by atoms with Crippen molar-refractivity contribution in [3.8, 4) is 16.9 Å². The van der Waals surface area contributed by atoms with Crippen molar-refractivity contribution in [2.75, 3.05) is 0 Å². The molecule has 0 aliphatic rings. The fourth-order valence-corrected chi connectivity index (χ4v) is 1.85. The fourth-order valence-electron chi connectivity index (χ4n) is 1.85. The van der Waals surface area contributed by atoms with Gasteiger partial charge in [-0.3, -0.25) is 4.98 Å². The standard InChI is InChI=1S/C15H12N4O3/c1-10-2-3-12(8-16-10)11-4-6-13(7-5-11)22-19-9-14(15(20)21)17-18-19/h2-9H,1H3,(H,20,21). The molecule has 1 N–H and O–H groups in total. The van der Waals surface area contributed by atoms with Gasteiger partial charge in [-0.05, 0) is 35.9 Å². The van der Waals surface area contributed by atoms with Crippen molar-refractivity contribution in [3.63, 3.8) is 0 Å². The Morgan fingerprint density at radius 3 is 2.45 bits per heavy atom. The Kier molecular flexibility index (Phi) is 3.53. The first-order valence-corrected chi connectivity index (χ1v) is 6.49. The largest absolute Gasteiger partial charge is 0.476 e. The topological polar surface area (TPSA) is 90.1 Å². The molecule has 0 saturated carbocycles. The summed E-state index contributed by atoms with van der Waals surface area (Å²) in [5.41, 5.74) is 2.79. The first-order valence-electron chi connectivity index (χ1n) is 6.49. The molecule has 2 aromatic heterocycles. The van der Waals surface area contributed by atoms with Crippen LogP contribution in [0.1, 0.15) is 16.2 Å². The van der Waals surface area contributed by atoms with Gasteiger partial charge in [-0.2, -0.15) is 0 Å². The number of rotatable bonds is 4. The predicted octanol–water partition coefficient (Wildman–Crippen LogP) is 2.19. The third kappa shape index (κ3) is 2.93. The van der Waals surface area contributed by atoms with Gasteiger partial charge in [0, 0.05) is 17.5 Å². The minimum Gasteiger partial charge on any atom is -0.476 e. The van der Waals surface area contributed by atoms with Gasteiger partial charge in [0.2, 0.25) is 0 Å². The van der Waals surface area contributed by atoms with Gasteiger partial charge < -0.3 is 9.94 Å². The molecule has 0 saturated heterocycles. The van der Waals surface area contributed by atoms with Crippen LogP contribution in [0.4, 0.5) is 0 Å². The normalized spacial score (nSPS) is 10.4. The summed E-state index contributed by atoms with van der Waals surface area (Å²) in [6.07, 6.45) is 3.00. The predicted molar refractivity (Wildman–Crippen MR) is 77.4 cm³/mol. The molecule has 0 unspecified atom stereocenters. The maximum absolute atomic E-state index is 10.7. The van der Waals surface area contributed by atoms with Crippen molar-refractivity contribution in [2.45, 2.75) is 6.92 Å². The van der Waals surface area contributed by atoms with Gasteiger partial charge in [0.1, 0.15) is 6.20 Å². The number of aromatic nitrogens is 4. The van der Waals surface area contributed by atoms with Crippen molar-refractivity contribution in [1.82, 2.24) is 20.1 Å². The van der Waals surface area contributed by atoms with Gasteiger partial charge in [0.05, 0.1) is 0 Å². The first-order chi connectivity index (χ1) is 10.6. The van der Waals surface area contributed by atoms with Crippen LogP contribution in [0.15, 0.2) is 48.8 Å². The lowest BCUT2D eigenvalue weighted by molar-refractivity contribution is 0.0690. The summed E-state index contributed by atoms with van der Waals surface area (Å²) >= 11 is 0. The van der Waals surface area contributed by atoms with E-state index in [1.165, 1.54) is 6.20 Å². The molecule has 3 rings (SSSR count). The van der Waals surface area contributed by atoms with Gasteiger partial charge >= 0.3 is 5.97 Å². The van der Waals surface area contributed by atoms with Crippen molar-refractivity contribution in [1.29, 1.82) is 0 Å². The van der Waals surface area contributed by atoms with Crippen LogP contribution in [0.25, 0.3) is 11.1 Å². The molecule has 0 fully saturated rings. The molecule has 1 aromatic carbocycles. The number of carbonyl (C=O) groups is 1. The molecule has 0 atom stereocenters. The summed E-state index contributed by atoms with van der Waals surface area (Å²) in [5, 5.41) is 15.8. The van der Waals surface area contributed by atoms with Gasteiger partial charge in [0.25, 0.3) is 0 Å². The summed E-state index contributed by atoms with van der Waals surface area (Å²) in [4.78, 5) is 21.4. The van der Waals surface area contributed by atoms with Crippen molar-refractivity contribution in [2.24, 2.45) is 0 Å². The molecule has 2 heterocycles. The Morgan fingerprint density at radius 1 is 1.14 bits per heavy atom. The maximum Gasteiger partial charge on any atom is 0.358 e. The molecular weight excluding hydrogens is 284 g/mol. The van der Waals surface area contributed by atoms with Crippen molar-refractivity contribution >= 4 is 5.97 Å². The van der Waals surface area contributed by atoms with E-state index in [0.29, 0.717) is 5.75 Å². The first kappa shape index (κ1) is 13.7. The van der Waals surface area contributed by atoms with E-state index in [-0.39, 0.29) is 5.69 Å². The zero-order chi connectivity index (χ0) is 15.5. The van der Waals surface area contributed by atoms with E-state index >= 15 is 0 Å². The molecule has 0 spiro atoms. The number of hydrogen-bond acceptors (Lipinski definition) is 5. The van der Waals surface area contributed by atoms with Crippen LogP contribution in [0.5, 0.6) is 5.75 Å². The second-order valence-corrected chi connectivity index (χ2v) is 4.62. The van der Waals surface area contributed by atoms with E-state index in [2.05, 4.69) is 15.3 Å². The van der Waals surface area contributed by atoms with Gasteiger partial charge in [-0.25, -0.2) is 4.79 Å². The summed E-state index contributed by atoms with van der Waals surface area (Å²) in [6, 6.07) is 11.2. The molecule has 22 heavy (non-hydrogen) atoms. The van der Waals surface area contributed by atoms with Crippen molar-refractivity contribution in [3.05, 3.63) is 60.2 Å². The molecule has 7 heteroatoms. The highest BCUT2D eigenvalue weighted by molar-refractivity contribution is 5.84. The van der Waals surface area contributed by atoms with E-state index in [4.69, 9.17) is 9.94 Å². The summed E-state index contributed by atoms with van der Waals surface area (Å²) in [6.45, 7) is 1.93. The molecule has 110 valence electrons. The second-order valence-electron chi connectivity index (χ2n) is 4.62. The third-order valence-corrected chi connectivity index (χ3v) is 2.99. The number of carboxylic acid groups (broad SMARTS) is 1. The Hall–Kier alpha value is -3.22. The lowest BCUT2D eigenvalue weighted by Crippen LogP contribution is -2.05. The SMILES string of the molecule is Cc1ccc(-c2ccc(On3cc(C(=O)O)nn3)cc2)cn1. The van der Waals surface area contributed by atoms with Crippen LogP contribution in [-0.2, 0) is 0 Å². The lowest BCUT2D eigenvalue weighted by Gasteiger charge is -2.05. The van der Waals surface area contributed by atoms with E-state index in [0.717, 1.165) is 21.7 Å². The van der Waals surface area contributed by atoms with Crippen LogP contribution < -0.4 is 4.84 Å².